The number of ketones is 1. The zero-order chi connectivity index (χ0) is 9.68. The number of anilines is 1. The summed E-state index contributed by atoms with van der Waals surface area (Å²) in [4.78, 5) is 15.5. The third-order valence-corrected chi connectivity index (χ3v) is 1.77. The molecule has 1 aromatic heterocycles. The molecule has 0 bridgehead atoms. The Bertz CT molecular complexity index is 297. The van der Waals surface area contributed by atoms with Crippen LogP contribution in [0.2, 0.25) is 0 Å². The molecule has 0 atom stereocenters. The Kier molecular flexibility index (Phi) is 3.43. The predicted molar refractivity (Wildman–Crippen MR) is 53.0 cm³/mol. The lowest BCUT2D eigenvalue weighted by molar-refractivity contribution is 0.0988. The number of carbonyl (C=O) groups excluding carboxylic acids is 1. The van der Waals surface area contributed by atoms with Gasteiger partial charge in [0.05, 0.1) is 5.56 Å². The Morgan fingerprint density at radius 3 is 2.92 bits per heavy atom. The van der Waals surface area contributed by atoms with Crippen molar-refractivity contribution in [2.45, 2.75) is 20.3 Å². The minimum absolute atomic E-state index is 0.129. The number of hydrogen-bond donors (Lipinski definition) is 1. The number of aromatic nitrogens is 1. The lowest BCUT2D eigenvalue weighted by Gasteiger charge is -2.06. The van der Waals surface area contributed by atoms with E-state index in [-0.39, 0.29) is 5.78 Å². The average Bonchev–Trinajstić information content (AvgIpc) is 2.18. The van der Waals surface area contributed by atoms with Gasteiger partial charge in [0.1, 0.15) is 5.82 Å². The third kappa shape index (κ3) is 2.28. The van der Waals surface area contributed by atoms with Crippen LogP contribution in [0.15, 0.2) is 18.3 Å². The largest absolute Gasteiger partial charge is 0.370 e. The minimum atomic E-state index is 0.129. The van der Waals surface area contributed by atoms with E-state index in [1.54, 1.807) is 18.3 Å². The summed E-state index contributed by atoms with van der Waals surface area (Å²) in [6.45, 7) is 4.61. The molecule has 3 heteroatoms. The van der Waals surface area contributed by atoms with Crippen LogP contribution in [-0.4, -0.2) is 17.3 Å². The molecule has 0 fully saturated rings. The molecule has 0 saturated carbocycles. The summed E-state index contributed by atoms with van der Waals surface area (Å²) in [6, 6.07) is 3.58. The van der Waals surface area contributed by atoms with Crippen LogP contribution >= 0.6 is 0 Å². The smallest absolute Gasteiger partial charge is 0.166 e. The highest BCUT2D eigenvalue weighted by Gasteiger charge is 2.08. The van der Waals surface area contributed by atoms with E-state index in [1.807, 2.05) is 13.8 Å². The van der Waals surface area contributed by atoms with Crippen LogP contribution in [0.5, 0.6) is 0 Å². The van der Waals surface area contributed by atoms with E-state index in [0.717, 1.165) is 6.54 Å². The minimum Gasteiger partial charge on any atom is -0.370 e. The number of hydrogen-bond acceptors (Lipinski definition) is 3. The molecule has 0 saturated heterocycles. The summed E-state index contributed by atoms with van der Waals surface area (Å²) < 4.78 is 0. The SMILES string of the molecule is CCNc1ncccc1C(=O)CC. The molecule has 0 aromatic carbocycles. The first-order chi connectivity index (χ1) is 6.29. The highest BCUT2D eigenvalue weighted by molar-refractivity contribution is 6.00. The molecule has 0 aliphatic carbocycles. The van der Waals surface area contributed by atoms with Crippen molar-refractivity contribution in [3.8, 4) is 0 Å². The van der Waals surface area contributed by atoms with Crippen LogP contribution in [0.25, 0.3) is 0 Å². The normalized spacial score (nSPS) is 9.69. The van der Waals surface area contributed by atoms with Gasteiger partial charge in [0.15, 0.2) is 5.78 Å². The van der Waals surface area contributed by atoms with Crippen LogP contribution in [0.3, 0.4) is 0 Å². The van der Waals surface area contributed by atoms with Gasteiger partial charge in [-0.3, -0.25) is 4.79 Å². The molecular formula is C10H14N2O. The van der Waals surface area contributed by atoms with Crippen molar-refractivity contribution in [1.29, 1.82) is 0 Å². The van der Waals surface area contributed by atoms with Crippen LogP contribution in [0.1, 0.15) is 30.6 Å². The van der Waals surface area contributed by atoms with Gasteiger partial charge >= 0.3 is 0 Å². The summed E-state index contributed by atoms with van der Waals surface area (Å²) in [5, 5.41) is 3.06. The second-order valence-corrected chi connectivity index (χ2v) is 2.71. The molecule has 0 unspecified atom stereocenters. The topological polar surface area (TPSA) is 42.0 Å². The Morgan fingerprint density at radius 1 is 1.54 bits per heavy atom. The number of pyridine rings is 1. The first kappa shape index (κ1) is 9.71. The van der Waals surface area contributed by atoms with Crippen LogP contribution in [-0.2, 0) is 0 Å². The maximum Gasteiger partial charge on any atom is 0.166 e. The molecule has 0 radical (unpaired) electrons. The van der Waals surface area contributed by atoms with Gasteiger partial charge in [-0.1, -0.05) is 6.92 Å². The van der Waals surface area contributed by atoms with Gasteiger partial charge in [0, 0.05) is 19.2 Å². The molecule has 1 aromatic rings. The van der Waals surface area contributed by atoms with E-state index in [2.05, 4.69) is 10.3 Å². The first-order valence-corrected chi connectivity index (χ1v) is 4.51. The Hall–Kier alpha value is -1.38. The zero-order valence-electron chi connectivity index (χ0n) is 8.00. The predicted octanol–water partition coefficient (Wildman–Crippen LogP) is 2.11. The molecule has 1 N–H and O–H groups in total. The van der Waals surface area contributed by atoms with E-state index in [9.17, 15) is 4.79 Å². The quantitative estimate of drug-likeness (QED) is 0.718. The second kappa shape index (κ2) is 4.60. The maximum atomic E-state index is 11.4. The van der Waals surface area contributed by atoms with Crippen molar-refractivity contribution in [3.63, 3.8) is 0 Å². The molecule has 1 rings (SSSR count). The molecule has 13 heavy (non-hydrogen) atoms. The highest BCUT2D eigenvalue weighted by Crippen LogP contribution is 2.12. The number of rotatable bonds is 4. The molecule has 70 valence electrons. The Morgan fingerprint density at radius 2 is 2.31 bits per heavy atom. The number of Topliss-reactive ketones (excluding diaryl/α,β-unsaturated/α-hetero) is 1. The van der Waals surface area contributed by atoms with Gasteiger partial charge in [-0.25, -0.2) is 4.98 Å². The molecule has 0 spiro atoms. The maximum absolute atomic E-state index is 11.4. The van der Waals surface area contributed by atoms with E-state index in [4.69, 9.17) is 0 Å². The van der Waals surface area contributed by atoms with Crippen molar-refractivity contribution >= 4 is 11.6 Å². The molecule has 0 aliphatic rings. The number of nitrogens with zero attached hydrogens (tertiary/aromatic N) is 1. The van der Waals surface area contributed by atoms with E-state index < -0.39 is 0 Å². The molecule has 1 heterocycles. The standard InChI is InChI=1S/C10H14N2O/c1-3-9(13)8-6-5-7-12-10(8)11-4-2/h5-7H,3-4H2,1-2H3,(H,11,12). The lowest BCUT2D eigenvalue weighted by atomic mass is 10.1. The molecule has 0 amide bonds. The summed E-state index contributed by atoms with van der Waals surface area (Å²) in [5.74, 6) is 0.820. The second-order valence-electron chi connectivity index (χ2n) is 2.71. The fourth-order valence-corrected chi connectivity index (χ4v) is 1.13. The summed E-state index contributed by atoms with van der Waals surface area (Å²) in [5.41, 5.74) is 0.687. The van der Waals surface area contributed by atoms with Crippen LogP contribution < -0.4 is 5.32 Å². The summed E-state index contributed by atoms with van der Waals surface area (Å²) >= 11 is 0. The first-order valence-electron chi connectivity index (χ1n) is 4.51. The van der Waals surface area contributed by atoms with Crippen LogP contribution in [0, 0.1) is 0 Å². The molecule has 0 aliphatic heterocycles. The highest BCUT2D eigenvalue weighted by atomic mass is 16.1. The van der Waals surface area contributed by atoms with Gasteiger partial charge < -0.3 is 5.32 Å². The molecule has 3 nitrogen and oxygen atoms in total. The van der Waals surface area contributed by atoms with Gasteiger partial charge in [0.2, 0.25) is 0 Å². The number of nitrogens with one attached hydrogen (secondary N) is 1. The van der Waals surface area contributed by atoms with Crippen LogP contribution in [0.4, 0.5) is 5.82 Å². The number of carbonyl (C=O) groups is 1. The van der Waals surface area contributed by atoms with E-state index in [1.165, 1.54) is 0 Å². The van der Waals surface area contributed by atoms with E-state index >= 15 is 0 Å². The summed E-state index contributed by atoms with van der Waals surface area (Å²) in [7, 11) is 0. The van der Waals surface area contributed by atoms with Gasteiger partial charge in [0.25, 0.3) is 0 Å². The van der Waals surface area contributed by atoms with Crippen molar-refractivity contribution in [1.82, 2.24) is 4.98 Å². The monoisotopic (exact) mass is 178 g/mol. The fourth-order valence-electron chi connectivity index (χ4n) is 1.13. The van der Waals surface area contributed by atoms with Crippen molar-refractivity contribution < 1.29 is 4.79 Å². The van der Waals surface area contributed by atoms with E-state index in [0.29, 0.717) is 17.8 Å². The zero-order valence-corrected chi connectivity index (χ0v) is 8.00. The van der Waals surface area contributed by atoms with Gasteiger partial charge in [-0.15, -0.1) is 0 Å². The van der Waals surface area contributed by atoms with Crippen molar-refractivity contribution in [3.05, 3.63) is 23.9 Å². The fraction of sp³-hybridized carbons (Fsp3) is 0.400. The lowest BCUT2D eigenvalue weighted by Crippen LogP contribution is -2.07. The molecular weight excluding hydrogens is 164 g/mol. The van der Waals surface area contributed by atoms with Crippen molar-refractivity contribution in [2.24, 2.45) is 0 Å². The van der Waals surface area contributed by atoms with Gasteiger partial charge in [-0.05, 0) is 19.1 Å². The Balaban J connectivity index is 2.97. The summed E-state index contributed by atoms with van der Waals surface area (Å²) in [6.07, 6.45) is 2.20. The van der Waals surface area contributed by atoms with Gasteiger partial charge in [-0.2, -0.15) is 0 Å². The third-order valence-electron chi connectivity index (χ3n) is 1.77. The Labute approximate surface area is 78.2 Å². The van der Waals surface area contributed by atoms with Crippen molar-refractivity contribution in [2.75, 3.05) is 11.9 Å². The average molecular weight is 178 g/mol.